The largest absolute Gasteiger partial charge is 0.369 e. The van der Waals surface area contributed by atoms with Gasteiger partial charge < -0.3 is 5.73 Å². The van der Waals surface area contributed by atoms with E-state index in [9.17, 15) is 4.79 Å². The molecule has 12 heavy (non-hydrogen) atoms. The molecule has 0 fully saturated rings. The molecule has 0 saturated carbocycles. The predicted octanol–water partition coefficient (Wildman–Crippen LogP) is 2.18. The zero-order chi connectivity index (χ0) is 9.72. The Labute approximate surface area is 75.5 Å². The lowest BCUT2D eigenvalue weighted by molar-refractivity contribution is -0.123. The van der Waals surface area contributed by atoms with Crippen LogP contribution in [0.3, 0.4) is 0 Å². The molecule has 0 rings (SSSR count). The Kier molecular flexibility index (Phi) is 4.95. The van der Waals surface area contributed by atoms with Crippen LogP contribution >= 0.6 is 0 Å². The number of nitrogens with two attached hydrogens (primary N) is 1. The highest BCUT2D eigenvalue weighted by Gasteiger charge is 2.18. The van der Waals surface area contributed by atoms with Crippen molar-refractivity contribution in [2.24, 2.45) is 23.5 Å². The Morgan fingerprint density at radius 1 is 1.17 bits per heavy atom. The number of carbonyl (C=O) groups is 1. The van der Waals surface area contributed by atoms with E-state index in [0.717, 1.165) is 12.8 Å². The molecular weight excluding hydrogens is 150 g/mol. The lowest BCUT2D eigenvalue weighted by Crippen LogP contribution is -2.27. The standard InChI is InChI=1S/C10H21NO/c1-7(2)5-6-9(8(3)4)10(11)12/h7-9H,5-6H2,1-4H3,(H2,11,12). The molecule has 2 heteroatoms. The molecule has 0 bridgehead atoms. The van der Waals surface area contributed by atoms with Crippen molar-refractivity contribution in [3.8, 4) is 0 Å². The van der Waals surface area contributed by atoms with Crippen molar-refractivity contribution >= 4 is 5.91 Å². The van der Waals surface area contributed by atoms with Gasteiger partial charge in [-0.3, -0.25) is 4.79 Å². The molecule has 0 aromatic carbocycles. The summed E-state index contributed by atoms with van der Waals surface area (Å²) in [5.41, 5.74) is 5.28. The van der Waals surface area contributed by atoms with Crippen LogP contribution in [-0.2, 0) is 4.79 Å². The number of amides is 1. The highest BCUT2D eigenvalue weighted by Crippen LogP contribution is 2.19. The van der Waals surface area contributed by atoms with Crippen molar-refractivity contribution in [3.63, 3.8) is 0 Å². The van der Waals surface area contributed by atoms with Crippen LogP contribution in [-0.4, -0.2) is 5.91 Å². The zero-order valence-electron chi connectivity index (χ0n) is 8.63. The maximum atomic E-state index is 11.0. The van der Waals surface area contributed by atoms with Crippen molar-refractivity contribution in [3.05, 3.63) is 0 Å². The summed E-state index contributed by atoms with van der Waals surface area (Å²) in [6.07, 6.45) is 2.02. The van der Waals surface area contributed by atoms with E-state index in [1.807, 2.05) is 0 Å². The summed E-state index contributed by atoms with van der Waals surface area (Å²) in [5, 5.41) is 0. The molecule has 0 heterocycles. The van der Waals surface area contributed by atoms with E-state index in [-0.39, 0.29) is 11.8 Å². The van der Waals surface area contributed by atoms with Crippen LogP contribution in [0.2, 0.25) is 0 Å². The van der Waals surface area contributed by atoms with Gasteiger partial charge in [-0.05, 0) is 18.3 Å². The van der Waals surface area contributed by atoms with Gasteiger partial charge in [0, 0.05) is 5.92 Å². The lowest BCUT2D eigenvalue weighted by atomic mass is 9.88. The smallest absolute Gasteiger partial charge is 0.220 e. The lowest BCUT2D eigenvalue weighted by Gasteiger charge is -2.17. The van der Waals surface area contributed by atoms with E-state index >= 15 is 0 Å². The minimum absolute atomic E-state index is 0.0624. The minimum atomic E-state index is -0.148. The second-order valence-electron chi connectivity index (χ2n) is 4.22. The van der Waals surface area contributed by atoms with E-state index in [0.29, 0.717) is 11.8 Å². The summed E-state index contributed by atoms with van der Waals surface area (Å²) in [6, 6.07) is 0. The third-order valence-electron chi connectivity index (χ3n) is 2.23. The van der Waals surface area contributed by atoms with E-state index in [2.05, 4.69) is 27.7 Å². The molecule has 1 unspecified atom stereocenters. The summed E-state index contributed by atoms with van der Waals surface area (Å²) < 4.78 is 0. The van der Waals surface area contributed by atoms with Gasteiger partial charge in [0.25, 0.3) is 0 Å². The van der Waals surface area contributed by atoms with Crippen LogP contribution in [0.1, 0.15) is 40.5 Å². The van der Waals surface area contributed by atoms with E-state index in [1.54, 1.807) is 0 Å². The Balaban J connectivity index is 3.88. The fourth-order valence-electron chi connectivity index (χ4n) is 1.32. The summed E-state index contributed by atoms with van der Waals surface area (Å²) in [6.45, 7) is 8.43. The monoisotopic (exact) mass is 171 g/mol. The van der Waals surface area contributed by atoms with Crippen molar-refractivity contribution in [2.75, 3.05) is 0 Å². The van der Waals surface area contributed by atoms with Gasteiger partial charge in [0.05, 0.1) is 0 Å². The fourth-order valence-corrected chi connectivity index (χ4v) is 1.32. The van der Waals surface area contributed by atoms with Crippen molar-refractivity contribution < 1.29 is 4.79 Å². The maximum absolute atomic E-state index is 11.0. The van der Waals surface area contributed by atoms with Crippen molar-refractivity contribution in [2.45, 2.75) is 40.5 Å². The van der Waals surface area contributed by atoms with Crippen LogP contribution in [0.5, 0.6) is 0 Å². The molecule has 1 amide bonds. The second kappa shape index (κ2) is 5.18. The summed E-state index contributed by atoms with van der Waals surface area (Å²) in [5.74, 6) is 0.949. The van der Waals surface area contributed by atoms with Gasteiger partial charge in [-0.15, -0.1) is 0 Å². The van der Waals surface area contributed by atoms with Gasteiger partial charge in [-0.2, -0.15) is 0 Å². The number of hydrogen-bond donors (Lipinski definition) is 1. The third kappa shape index (κ3) is 4.37. The Morgan fingerprint density at radius 2 is 1.67 bits per heavy atom. The fraction of sp³-hybridized carbons (Fsp3) is 0.900. The molecule has 0 saturated heterocycles. The zero-order valence-corrected chi connectivity index (χ0v) is 8.63. The first-order valence-electron chi connectivity index (χ1n) is 4.74. The summed E-state index contributed by atoms with van der Waals surface area (Å²) in [4.78, 5) is 11.0. The number of hydrogen-bond acceptors (Lipinski definition) is 1. The van der Waals surface area contributed by atoms with Crippen LogP contribution < -0.4 is 5.73 Å². The highest BCUT2D eigenvalue weighted by molar-refractivity contribution is 5.76. The Hall–Kier alpha value is -0.530. The second-order valence-corrected chi connectivity index (χ2v) is 4.22. The van der Waals surface area contributed by atoms with Gasteiger partial charge in [-0.25, -0.2) is 0 Å². The molecule has 0 radical (unpaired) electrons. The number of primary amides is 1. The Morgan fingerprint density at radius 3 is 1.92 bits per heavy atom. The van der Waals surface area contributed by atoms with Gasteiger partial charge in [0.15, 0.2) is 0 Å². The first-order valence-corrected chi connectivity index (χ1v) is 4.74. The molecule has 0 aliphatic carbocycles. The van der Waals surface area contributed by atoms with E-state index < -0.39 is 0 Å². The molecule has 0 aliphatic heterocycles. The quantitative estimate of drug-likeness (QED) is 0.677. The van der Waals surface area contributed by atoms with Gasteiger partial charge in [-0.1, -0.05) is 34.1 Å². The molecule has 0 aromatic heterocycles. The average Bonchev–Trinajstić information content (AvgIpc) is 1.84. The van der Waals surface area contributed by atoms with Crippen LogP contribution in [0.15, 0.2) is 0 Å². The van der Waals surface area contributed by atoms with Crippen LogP contribution in [0.4, 0.5) is 0 Å². The number of rotatable bonds is 5. The van der Waals surface area contributed by atoms with Crippen molar-refractivity contribution in [1.82, 2.24) is 0 Å². The first-order chi connectivity index (χ1) is 5.45. The molecule has 72 valence electrons. The average molecular weight is 171 g/mol. The molecule has 0 spiro atoms. The molecule has 1 atom stereocenters. The topological polar surface area (TPSA) is 43.1 Å². The molecule has 2 nitrogen and oxygen atoms in total. The third-order valence-corrected chi connectivity index (χ3v) is 2.23. The van der Waals surface area contributed by atoms with Crippen LogP contribution in [0.25, 0.3) is 0 Å². The molecule has 0 aliphatic rings. The first kappa shape index (κ1) is 11.5. The normalized spacial score (nSPS) is 13.8. The highest BCUT2D eigenvalue weighted by atomic mass is 16.1. The van der Waals surface area contributed by atoms with Crippen LogP contribution in [0, 0.1) is 17.8 Å². The van der Waals surface area contributed by atoms with E-state index in [1.165, 1.54) is 0 Å². The predicted molar refractivity (Wildman–Crippen MR) is 51.6 cm³/mol. The van der Waals surface area contributed by atoms with E-state index in [4.69, 9.17) is 5.73 Å². The SMILES string of the molecule is CC(C)CCC(C(N)=O)C(C)C. The van der Waals surface area contributed by atoms with Gasteiger partial charge in [0.2, 0.25) is 5.91 Å². The molecule has 0 aromatic rings. The maximum Gasteiger partial charge on any atom is 0.220 e. The summed E-state index contributed by atoms with van der Waals surface area (Å²) >= 11 is 0. The summed E-state index contributed by atoms with van der Waals surface area (Å²) in [7, 11) is 0. The molecular formula is C10H21NO. The van der Waals surface area contributed by atoms with Crippen molar-refractivity contribution in [1.29, 1.82) is 0 Å². The number of carbonyl (C=O) groups excluding carboxylic acids is 1. The Bertz CT molecular complexity index is 141. The minimum Gasteiger partial charge on any atom is -0.369 e. The molecule has 2 N–H and O–H groups in total. The van der Waals surface area contributed by atoms with Gasteiger partial charge in [0.1, 0.15) is 0 Å². The van der Waals surface area contributed by atoms with Gasteiger partial charge >= 0.3 is 0 Å².